The summed E-state index contributed by atoms with van der Waals surface area (Å²) < 4.78 is 10.5. The van der Waals surface area contributed by atoms with Crippen molar-refractivity contribution >= 4 is 29.1 Å². The number of rotatable bonds is 5. The molecule has 0 atom stereocenters. The van der Waals surface area contributed by atoms with Crippen LogP contribution in [0, 0.1) is 0 Å². The first-order chi connectivity index (χ1) is 13.2. The molecule has 27 heavy (non-hydrogen) atoms. The van der Waals surface area contributed by atoms with Gasteiger partial charge in [-0.3, -0.25) is 4.79 Å². The van der Waals surface area contributed by atoms with Crippen molar-refractivity contribution in [2.45, 2.75) is 6.54 Å². The second-order valence-electron chi connectivity index (χ2n) is 5.81. The molecular weight excluding hydrogens is 368 g/mol. The summed E-state index contributed by atoms with van der Waals surface area (Å²) >= 11 is 5.87. The molecule has 8 heteroatoms. The van der Waals surface area contributed by atoms with Crippen LogP contribution in [0.3, 0.4) is 0 Å². The van der Waals surface area contributed by atoms with Gasteiger partial charge >= 0.3 is 0 Å². The Morgan fingerprint density at radius 3 is 2.48 bits per heavy atom. The fourth-order valence-corrected chi connectivity index (χ4v) is 2.64. The quantitative estimate of drug-likeness (QED) is 0.699. The van der Waals surface area contributed by atoms with Gasteiger partial charge in [0.05, 0.1) is 0 Å². The summed E-state index contributed by atoms with van der Waals surface area (Å²) in [5, 5.41) is 14.7. The van der Waals surface area contributed by atoms with Crippen LogP contribution in [0.1, 0.15) is 15.9 Å². The van der Waals surface area contributed by atoms with E-state index >= 15 is 0 Å². The van der Waals surface area contributed by atoms with Gasteiger partial charge in [0.25, 0.3) is 5.91 Å². The van der Waals surface area contributed by atoms with E-state index in [9.17, 15) is 4.79 Å². The normalized spacial score (nSPS) is 11.9. The third-order valence-electron chi connectivity index (χ3n) is 3.93. The van der Waals surface area contributed by atoms with Crippen molar-refractivity contribution in [1.29, 1.82) is 0 Å². The zero-order valence-corrected chi connectivity index (χ0v) is 14.9. The number of fused-ring (bicyclic) bond motifs is 1. The molecule has 2 N–H and O–H groups in total. The van der Waals surface area contributed by atoms with Gasteiger partial charge in [-0.05, 0) is 48.0 Å². The number of amides is 1. The molecule has 136 valence electrons. The van der Waals surface area contributed by atoms with E-state index in [0.717, 1.165) is 5.56 Å². The highest BCUT2D eigenvalue weighted by Gasteiger charge is 2.16. The SMILES string of the molecule is O=C(Nc1ccc(NCc2ccc(Cl)cc2)nn1)c1ccc2c(c1)OCO2. The largest absolute Gasteiger partial charge is 0.454 e. The lowest BCUT2D eigenvalue weighted by atomic mass is 10.2. The molecule has 1 aliphatic heterocycles. The topological polar surface area (TPSA) is 85.4 Å². The van der Waals surface area contributed by atoms with Crippen molar-refractivity contribution in [2.75, 3.05) is 17.4 Å². The van der Waals surface area contributed by atoms with Crippen LogP contribution in [0.25, 0.3) is 0 Å². The van der Waals surface area contributed by atoms with E-state index in [4.69, 9.17) is 21.1 Å². The van der Waals surface area contributed by atoms with Gasteiger partial charge in [0, 0.05) is 17.1 Å². The van der Waals surface area contributed by atoms with Gasteiger partial charge in [-0.2, -0.15) is 0 Å². The van der Waals surface area contributed by atoms with Gasteiger partial charge in [-0.1, -0.05) is 23.7 Å². The monoisotopic (exact) mass is 382 g/mol. The molecule has 1 aliphatic rings. The summed E-state index contributed by atoms with van der Waals surface area (Å²) in [5.41, 5.74) is 1.52. The Labute approximate surface area is 160 Å². The van der Waals surface area contributed by atoms with Gasteiger partial charge < -0.3 is 20.1 Å². The first-order valence-electron chi connectivity index (χ1n) is 8.20. The number of nitrogens with zero attached hydrogens (tertiary/aromatic N) is 2. The molecule has 0 bridgehead atoms. The minimum Gasteiger partial charge on any atom is -0.454 e. The summed E-state index contributed by atoms with van der Waals surface area (Å²) in [7, 11) is 0. The molecule has 0 aliphatic carbocycles. The van der Waals surface area contributed by atoms with E-state index in [2.05, 4.69) is 20.8 Å². The first-order valence-corrected chi connectivity index (χ1v) is 8.58. The molecular formula is C19H15ClN4O3. The van der Waals surface area contributed by atoms with Crippen LogP contribution in [0.5, 0.6) is 11.5 Å². The number of benzene rings is 2. The fraction of sp³-hybridized carbons (Fsp3) is 0.105. The number of halogens is 1. The van der Waals surface area contributed by atoms with Gasteiger partial charge in [0.1, 0.15) is 5.82 Å². The summed E-state index contributed by atoms with van der Waals surface area (Å²) in [6.07, 6.45) is 0. The summed E-state index contributed by atoms with van der Waals surface area (Å²) in [6.45, 7) is 0.755. The first kappa shape index (κ1) is 17.1. The lowest BCUT2D eigenvalue weighted by Crippen LogP contribution is -2.13. The van der Waals surface area contributed by atoms with Crippen molar-refractivity contribution in [1.82, 2.24) is 10.2 Å². The Morgan fingerprint density at radius 1 is 0.963 bits per heavy atom. The van der Waals surface area contributed by atoms with Crippen molar-refractivity contribution in [3.05, 3.63) is 70.7 Å². The van der Waals surface area contributed by atoms with E-state index in [-0.39, 0.29) is 12.7 Å². The zero-order valence-electron chi connectivity index (χ0n) is 14.1. The smallest absolute Gasteiger partial charge is 0.257 e. The number of carbonyl (C=O) groups excluding carboxylic acids is 1. The molecule has 2 heterocycles. The molecule has 1 amide bonds. The number of hydrogen-bond acceptors (Lipinski definition) is 6. The predicted molar refractivity (Wildman–Crippen MR) is 101 cm³/mol. The number of anilines is 2. The number of ether oxygens (including phenoxy) is 2. The molecule has 0 radical (unpaired) electrons. The average Bonchev–Trinajstić information content (AvgIpc) is 3.16. The highest BCUT2D eigenvalue weighted by atomic mass is 35.5. The van der Waals surface area contributed by atoms with E-state index in [1.54, 1.807) is 30.3 Å². The Bertz CT molecular complexity index is 962. The molecule has 4 rings (SSSR count). The van der Waals surface area contributed by atoms with Crippen LogP contribution in [-0.2, 0) is 6.54 Å². The molecule has 2 aromatic carbocycles. The number of nitrogens with one attached hydrogen (secondary N) is 2. The average molecular weight is 383 g/mol. The Kier molecular flexibility index (Phi) is 4.76. The number of hydrogen-bond donors (Lipinski definition) is 2. The Morgan fingerprint density at radius 2 is 1.70 bits per heavy atom. The van der Waals surface area contributed by atoms with Crippen molar-refractivity contribution in [3.8, 4) is 11.5 Å². The third kappa shape index (κ3) is 4.09. The highest BCUT2D eigenvalue weighted by Crippen LogP contribution is 2.32. The van der Waals surface area contributed by atoms with Crippen LogP contribution in [0.15, 0.2) is 54.6 Å². The fourth-order valence-electron chi connectivity index (χ4n) is 2.51. The van der Waals surface area contributed by atoms with Gasteiger partial charge in [0.15, 0.2) is 17.3 Å². The molecule has 0 saturated carbocycles. The maximum atomic E-state index is 12.3. The van der Waals surface area contributed by atoms with Crippen molar-refractivity contribution in [2.24, 2.45) is 0 Å². The molecule has 3 aromatic rings. The minimum absolute atomic E-state index is 0.163. The summed E-state index contributed by atoms with van der Waals surface area (Å²) in [6, 6.07) is 16.0. The molecule has 0 spiro atoms. The molecule has 0 fully saturated rings. The third-order valence-corrected chi connectivity index (χ3v) is 4.18. The maximum absolute atomic E-state index is 12.3. The minimum atomic E-state index is -0.301. The van der Waals surface area contributed by atoms with Gasteiger partial charge in [-0.25, -0.2) is 0 Å². The standard InChI is InChI=1S/C19H15ClN4O3/c20-14-4-1-12(2-5-14)10-21-17-7-8-18(24-23-17)22-19(25)13-3-6-15-16(9-13)27-11-26-15/h1-9H,10-11H2,(H,21,23)(H,22,24,25). The molecule has 0 unspecified atom stereocenters. The Hall–Kier alpha value is -3.32. The Balaban J connectivity index is 1.36. The molecule has 1 aromatic heterocycles. The van der Waals surface area contributed by atoms with Crippen LogP contribution >= 0.6 is 11.6 Å². The molecule has 0 saturated heterocycles. The lowest BCUT2D eigenvalue weighted by molar-refractivity contribution is 0.102. The van der Waals surface area contributed by atoms with E-state index in [0.29, 0.717) is 40.3 Å². The van der Waals surface area contributed by atoms with E-state index < -0.39 is 0 Å². The van der Waals surface area contributed by atoms with Crippen LogP contribution < -0.4 is 20.1 Å². The lowest BCUT2D eigenvalue weighted by Gasteiger charge is -2.07. The highest BCUT2D eigenvalue weighted by molar-refractivity contribution is 6.30. The van der Waals surface area contributed by atoms with Gasteiger partial charge in [-0.15, -0.1) is 10.2 Å². The summed E-state index contributed by atoms with van der Waals surface area (Å²) in [5.74, 6) is 1.84. The van der Waals surface area contributed by atoms with Crippen molar-refractivity contribution in [3.63, 3.8) is 0 Å². The summed E-state index contributed by atoms with van der Waals surface area (Å²) in [4.78, 5) is 12.3. The van der Waals surface area contributed by atoms with Gasteiger partial charge in [0.2, 0.25) is 6.79 Å². The van der Waals surface area contributed by atoms with Crippen LogP contribution in [0.4, 0.5) is 11.6 Å². The molecule has 7 nitrogen and oxygen atoms in total. The van der Waals surface area contributed by atoms with E-state index in [1.807, 2.05) is 24.3 Å². The van der Waals surface area contributed by atoms with Crippen LogP contribution in [0.2, 0.25) is 5.02 Å². The number of carbonyl (C=O) groups is 1. The zero-order chi connectivity index (χ0) is 18.6. The second-order valence-corrected chi connectivity index (χ2v) is 6.24. The second kappa shape index (κ2) is 7.51. The van der Waals surface area contributed by atoms with E-state index in [1.165, 1.54) is 0 Å². The number of aromatic nitrogens is 2. The van der Waals surface area contributed by atoms with Crippen LogP contribution in [-0.4, -0.2) is 22.9 Å². The van der Waals surface area contributed by atoms with Crippen molar-refractivity contribution < 1.29 is 14.3 Å². The predicted octanol–water partition coefficient (Wildman–Crippen LogP) is 3.72. The maximum Gasteiger partial charge on any atom is 0.257 e.